The van der Waals surface area contributed by atoms with Gasteiger partial charge in [0.2, 0.25) is 0 Å². The van der Waals surface area contributed by atoms with Crippen LogP contribution in [0.5, 0.6) is 0 Å². The van der Waals surface area contributed by atoms with E-state index in [0.29, 0.717) is 9.49 Å². The zero-order valence-corrected chi connectivity index (χ0v) is 13.8. The van der Waals surface area contributed by atoms with E-state index in [9.17, 15) is 0 Å². The Morgan fingerprint density at radius 3 is 1.18 bits per heavy atom. The first-order valence-electron chi connectivity index (χ1n) is 3.82. The Morgan fingerprint density at radius 1 is 0.727 bits per heavy atom. The van der Waals surface area contributed by atoms with Gasteiger partial charge in [-0.05, 0) is 0 Å². The number of hydrogen-bond donors (Lipinski definition) is 0. The molecule has 0 spiro atoms. The monoisotopic (exact) mass is 386 g/mol. The number of rotatable bonds is 2. The molecule has 0 aromatic heterocycles. The average Bonchev–Trinajstić information content (AvgIpc) is 1.55. The van der Waals surface area contributed by atoms with Crippen molar-refractivity contribution < 1.29 is 0 Å². The van der Waals surface area contributed by atoms with Crippen LogP contribution < -0.4 is 0 Å². The van der Waals surface area contributed by atoms with Gasteiger partial charge in [-0.3, -0.25) is 0 Å². The molecule has 0 amide bonds. The van der Waals surface area contributed by atoms with E-state index < -0.39 is 21.2 Å². The van der Waals surface area contributed by atoms with Crippen molar-refractivity contribution in [3.8, 4) is 0 Å². The van der Waals surface area contributed by atoms with Crippen LogP contribution >= 0.6 is 16.6 Å². The van der Waals surface area contributed by atoms with E-state index in [1.807, 2.05) is 0 Å². The first-order chi connectivity index (χ1) is 4.71. The van der Waals surface area contributed by atoms with Crippen molar-refractivity contribution in [1.29, 1.82) is 0 Å². The van der Waals surface area contributed by atoms with Crippen LogP contribution in [0.2, 0.25) is 0 Å². The summed E-state index contributed by atoms with van der Waals surface area (Å²) in [6, 6.07) is 0. The van der Waals surface area contributed by atoms with Crippen LogP contribution in [0.15, 0.2) is 0 Å². The molecule has 0 atom stereocenters. The van der Waals surface area contributed by atoms with Crippen LogP contribution in [0.25, 0.3) is 0 Å². The Hall–Kier alpha value is 1.62. The summed E-state index contributed by atoms with van der Waals surface area (Å²) in [4.78, 5) is 0. The summed E-state index contributed by atoms with van der Waals surface area (Å²) in [5.41, 5.74) is 0. The second-order valence-corrected chi connectivity index (χ2v) is 18.6. The molecule has 0 fully saturated rings. The molecule has 3 heteroatoms. The van der Waals surface area contributed by atoms with Gasteiger partial charge in [-0.15, -0.1) is 0 Å². The van der Waals surface area contributed by atoms with Crippen LogP contribution in [0.3, 0.4) is 0 Å². The summed E-state index contributed by atoms with van der Waals surface area (Å²) in [5.74, 6) is 0. The van der Waals surface area contributed by atoms with Crippen molar-refractivity contribution >= 4 is 37.9 Å². The molecular weight excluding hydrogens is 367 g/mol. The van der Waals surface area contributed by atoms with Crippen LogP contribution in [0.1, 0.15) is 41.5 Å². The fraction of sp³-hybridized carbons (Fsp3) is 1.00. The van der Waals surface area contributed by atoms with Crippen molar-refractivity contribution in [3.05, 3.63) is 0 Å². The van der Waals surface area contributed by atoms with Gasteiger partial charge in [-0.1, -0.05) is 0 Å². The quantitative estimate of drug-likeness (QED) is 0.667. The molecule has 2 radical (unpaired) electrons. The minimum atomic E-state index is -0.430. The van der Waals surface area contributed by atoms with Crippen LogP contribution in [-0.4, -0.2) is 30.7 Å². The van der Waals surface area contributed by atoms with E-state index >= 15 is 0 Å². The summed E-state index contributed by atoms with van der Waals surface area (Å²) in [6.45, 7) is 13.9. The third kappa shape index (κ3) is 11.6. The third-order valence-electron chi connectivity index (χ3n) is 0.696. The van der Waals surface area contributed by atoms with Crippen LogP contribution in [0, 0.1) is 0 Å². The molecule has 0 aliphatic carbocycles. The molecule has 0 saturated carbocycles. The summed E-state index contributed by atoms with van der Waals surface area (Å²) in [6.07, 6.45) is 0. The van der Waals surface area contributed by atoms with Gasteiger partial charge in [0.15, 0.2) is 0 Å². The molecule has 66 valence electrons. The topological polar surface area (TPSA) is 0 Å². The van der Waals surface area contributed by atoms with Crippen molar-refractivity contribution in [2.24, 2.45) is 0 Å². The Kier molecular flexibility index (Phi) is 5.45. The van der Waals surface area contributed by atoms with Gasteiger partial charge in [0.05, 0.1) is 0 Å². The molecule has 0 nitrogen and oxygen atoms in total. The summed E-state index contributed by atoms with van der Waals surface area (Å²) in [5, 5.41) is 0. The fourth-order valence-corrected chi connectivity index (χ4v) is 21.4. The van der Waals surface area contributed by atoms with Crippen molar-refractivity contribution in [2.75, 3.05) is 0 Å². The molecule has 0 unspecified atom stereocenters. The first-order valence-corrected chi connectivity index (χ1v) is 15.0. The van der Waals surface area contributed by atoms with Gasteiger partial charge >= 0.3 is 88.9 Å². The predicted molar refractivity (Wildman–Crippen MR) is 60.4 cm³/mol. The molecule has 0 aliphatic heterocycles. The molecule has 0 rings (SSSR count). The van der Waals surface area contributed by atoms with E-state index in [-0.39, 0.29) is 0 Å². The fourth-order valence-electron chi connectivity index (χ4n) is 0.271. The molecular formula is C8H18PbS2. The normalized spacial score (nSPS) is 13.6. The zero-order valence-electron chi connectivity index (χ0n) is 8.32. The van der Waals surface area contributed by atoms with Crippen molar-refractivity contribution in [3.63, 3.8) is 0 Å². The molecule has 0 bridgehead atoms. The Morgan fingerprint density at radius 2 is 1.00 bits per heavy atom. The standard InChI is InChI=1S/2C4H10S.Pb/c2*1-4(2,3)5;/h2*5H,1-3H3;/q;;+2/p-2. The molecule has 0 heterocycles. The maximum absolute atomic E-state index is 2.31. The maximum atomic E-state index is 2.31. The SMILES string of the molecule is CC(C)(C)[S][Pb][S]C(C)(C)C. The third-order valence-corrected chi connectivity index (χ3v) is 22.7. The predicted octanol–water partition coefficient (Wildman–Crippen LogP) is 3.58. The van der Waals surface area contributed by atoms with Gasteiger partial charge < -0.3 is 0 Å². The van der Waals surface area contributed by atoms with Gasteiger partial charge in [-0.2, -0.15) is 0 Å². The van der Waals surface area contributed by atoms with E-state index in [1.54, 1.807) is 0 Å². The zero-order chi connectivity index (χ0) is 9.12. The molecule has 0 saturated heterocycles. The molecule has 0 aliphatic rings. The van der Waals surface area contributed by atoms with Crippen molar-refractivity contribution in [2.45, 2.75) is 51.0 Å². The molecule has 11 heavy (non-hydrogen) atoms. The van der Waals surface area contributed by atoms with Crippen LogP contribution in [-0.2, 0) is 0 Å². The molecule has 0 N–H and O–H groups in total. The summed E-state index contributed by atoms with van der Waals surface area (Å²) >= 11 is -0.430. The van der Waals surface area contributed by atoms with E-state index in [2.05, 4.69) is 58.2 Å². The van der Waals surface area contributed by atoms with Crippen LogP contribution in [0.4, 0.5) is 0 Å². The Bertz CT molecular complexity index is 96.2. The minimum absolute atomic E-state index is 0.430. The number of hydrogen-bond acceptors (Lipinski definition) is 2. The second-order valence-electron chi connectivity index (χ2n) is 4.51. The van der Waals surface area contributed by atoms with Gasteiger partial charge in [-0.25, -0.2) is 0 Å². The van der Waals surface area contributed by atoms with E-state index in [0.717, 1.165) is 0 Å². The molecule has 0 aromatic rings. The Balaban J connectivity index is 3.44. The Labute approximate surface area is 88.2 Å². The van der Waals surface area contributed by atoms with Gasteiger partial charge in [0.1, 0.15) is 0 Å². The van der Waals surface area contributed by atoms with Gasteiger partial charge in [0, 0.05) is 0 Å². The van der Waals surface area contributed by atoms with Crippen molar-refractivity contribution in [1.82, 2.24) is 0 Å². The molecule has 0 aromatic carbocycles. The summed E-state index contributed by atoms with van der Waals surface area (Å²) in [7, 11) is 4.44. The average molecular weight is 386 g/mol. The second kappa shape index (κ2) is 4.75. The summed E-state index contributed by atoms with van der Waals surface area (Å²) < 4.78 is 1.00. The van der Waals surface area contributed by atoms with Gasteiger partial charge in [0.25, 0.3) is 0 Å². The van der Waals surface area contributed by atoms with E-state index in [1.165, 1.54) is 0 Å². The van der Waals surface area contributed by atoms with E-state index in [4.69, 9.17) is 0 Å². The first kappa shape index (κ1) is 12.6.